The SMILES string of the molecule is CC(=O)O[C@]12CCC3C4C(C(C)C=CCC4(C)O)C(C(=O)O)C3(C[C@H]1C)C2. The van der Waals surface area contributed by atoms with Gasteiger partial charge in [0.1, 0.15) is 5.60 Å². The predicted octanol–water partition coefficient (Wildman–Crippen LogP) is 3.41. The number of aliphatic carboxylic acids is 1. The molecule has 0 aliphatic heterocycles. The molecule has 0 heterocycles. The van der Waals surface area contributed by atoms with Crippen molar-refractivity contribution in [2.45, 2.75) is 71.0 Å². The third-order valence-corrected chi connectivity index (χ3v) is 8.59. The van der Waals surface area contributed by atoms with Gasteiger partial charge in [0.2, 0.25) is 0 Å². The van der Waals surface area contributed by atoms with Gasteiger partial charge >= 0.3 is 11.9 Å². The molecule has 2 bridgehead atoms. The van der Waals surface area contributed by atoms with Crippen molar-refractivity contribution in [3.63, 3.8) is 0 Å². The number of fused-ring (bicyclic) bond motifs is 3. The molecule has 0 aromatic carbocycles. The van der Waals surface area contributed by atoms with Crippen LogP contribution in [-0.4, -0.2) is 33.4 Å². The standard InChI is InChI=1S/C22H32O5/c1-12-6-5-8-20(4,26)17-15-7-9-22(27-14(3)23)11-21(15,10-13(22)2)18(16(12)17)19(24)25/h5-6,12-13,15-18,26H,7-11H2,1-4H3,(H,24,25)/t12?,13-,15?,16?,17?,18?,20?,21?,22+/m1/s1. The first-order chi connectivity index (χ1) is 12.5. The minimum atomic E-state index is -0.902. The zero-order valence-electron chi connectivity index (χ0n) is 16.8. The molecule has 5 nitrogen and oxygen atoms in total. The number of allylic oxidation sites excluding steroid dienone is 1. The molecule has 0 aromatic heterocycles. The van der Waals surface area contributed by atoms with E-state index >= 15 is 0 Å². The van der Waals surface area contributed by atoms with Gasteiger partial charge in [-0.3, -0.25) is 9.59 Å². The highest BCUT2D eigenvalue weighted by Gasteiger charge is 2.74. The summed E-state index contributed by atoms with van der Waals surface area (Å²) in [7, 11) is 0. The van der Waals surface area contributed by atoms with Crippen molar-refractivity contribution < 1.29 is 24.5 Å². The van der Waals surface area contributed by atoms with Crippen LogP contribution in [0.3, 0.4) is 0 Å². The van der Waals surface area contributed by atoms with Gasteiger partial charge in [-0.05, 0) is 74.0 Å². The van der Waals surface area contributed by atoms with Crippen molar-refractivity contribution in [1.29, 1.82) is 0 Å². The zero-order valence-corrected chi connectivity index (χ0v) is 16.8. The highest BCUT2D eigenvalue weighted by atomic mass is 16.6. The van der Waals surface area contributed by atoms with Gasteiger partial charge < -0.3 is 14.9 Å². The van der Waals surface area contributed by atoms with Crippen LogP contribution in [0.1, 0.15) is 59.8 Å². The summed E-state index contributed by atoms with van der Waals surface area (Å²) in [5, 5.41) is 21.7. The van der Waals surface area contributed by atoms with E-state index in [-0.39, 0.29) is 35.6 Å². The van der Waals surface area contributed by atoms with Crippen LogP contribution in [0, 0.1) is 40.9 Å². The number of hydrogen-bond donors (Lipinski definition) is 2. The van der Waals surface area contributed by atoms with E-state index < -0.39 is 28.5 Å². The lowest BCUT2D eigenvalue weighted by atomic mass is 9.61. The summed E-state index contributed by atoms with van der Waals surface area (Å²) < 4.78 is 5.86. The molecule has 1 spiro atoms. The van der Waals surface area contributed by atoms with Gasteiger partial charge in [0.15, 0.2) is 0 Å². The number of esters is 1. The van der Waals surface area contributed by atoms with Crippen LogP contribution >= 0.6 is 0 Å². The molecule has 3 fully saturated rings. The minimum absolute atomic E-state index is 0.0378. The Balaban J connectivity index is 1.85. The van der Waals surface area contributed by atoms with E-state index in [1.54, 1.807) is 0 Å². The van der Waals surface area contributed by atoms with Crippen molar-refractivity contribution >= 4 is 11.9 Å². The Labute approximate surface area is 161 Å². The van der Waals surface area contributed by atoms with Crippen LogP contribution in [0.15, 0.2) is 12.2 Å². The lowest BCUT2D eigenvalue weighted by Gasteiger charge is -2.46. The summed E-state index contributed by atoms with van der Waals surface area (Å²) in [6.07, 6.45) is 7.68. The molecule has 0 saturated heterocycles. The molecule has 4 rings (SSSR count). The van der Waals surface area contributed by atoms with Crippen LogP contribution in [0.2, 0.25) is 0 Å². The Morgan fingerprint density at radius 1 is 1.26 bits per heavy atom. The summed E-state index contributed by atoms with van der Waals surface area (Å²) in [4.78, 5) is 24.4. The second-order valence-corrected chi connectivity index (χ2v) is 10.1. The Hall–Kier alpha value is -1.36. The van der Waals surface area contributed by atoms with Crippen LogP contribution in [0.5, 0.6) is 0 Å². The fourth-order valence-corrected chi connectivity index (χ4v) is 7.88. The number of carbonyl (C=O) groups is 2. The fourth-order valence-electron chi connectivity index (χ4n) is 7.88. The van der Waals surface area contributed by atoms with Gasteiger partial charge in [-0.25, -0.2) is 0 Å². The van der Waals surface area contributed by atoms with E-state index in [0.717, 1.165) is 19.3 Å². The molecule has 0 radical (unpaired) electrons. The van der Waals surface area contributed by atoms with Crippen LogP contribution in [-0.2, 0) is 14.3 Å². The quantitative estimate of drug-likeness (QED) is 0.570. The Kier molecular flexibility index (Phi) is 4.09. The Bertz CT molecular complexity index is 697. The lowest BCUT2D eigenvalue weighted by Crippen LogP contribution is -2.47. The first-order valence-corrected chi connectivity index (χ1v) is 10.4. The van der Waals surface area contributed by atoms with E-state index in [4.69, 9.17) is 4.74 Å². The largest absolute Gasteiger partial charge is 0.481 e. The second-order valence-electron chi connectivity index (χ2n) is 10.1. The highest BCUT2D eigenvalue weighted by Crippen LogP contribution is 2.73. The fraction of sp³-hybridized carbons (Fsp3) is 0.818. The maximum Gasteiger partial charge on any atom is 0.307 e. The molecule has 27 heavy (non-hydrogen) atoms. The van der Waals surface area contributed by atoms with Crippen LogP contribution in [0.25, 0.3) is 0 Å². The molecule has 9 atom stereocenters. The van der Waals surface area contributed by atoms with Gasteiger partial charge in [0, 0.05) is 6.92 Å². The van der Waals surface area contributed by atoms with Crippen LogP contribution in [0.4, 0.5) is 0 Å². The number of ether oxygens (including phenoxy) is 1. The van der Waals surface area contributed by atoms with Crippen molar-refractivity contribution in [2.24, 2.45) is 40.9 Å². The first-order valence-electron chi connectivity index (χ1n) is 10.4. The molecule has 3 saturated carbocycles. The molecular weight excluding hydrogens is 344 g/mol. The minimum Gasteiger partial charge on any atom is -0.481 e. The third kappa shape index (κ3) is 2.46. The Morgan fingerprint density at radius 2 is 1.96 bits per heavy atom. The molecular formula is C22H32O5. The molecule has 150 valence electrons. The average Bonchev–Trinajstić information content (AvgIpc) is 2.90. The molecule has 0 amide bonds. The van der Waals surface area contributed by atoms with E-state index in [1.165, 1.54) is 6.92 Å². The molecule has 4 aliphatic carbocycles. The normalized spacial score (nSPS) is 53.4. The summed E-state index contributed by atoms with van der Waals surface area (Å²) >= 11 is 0. The summed E-state index contributed by atoms with van der Waals surface area (Å²) in [6, 6.07) is 0. The van der Waals surface area contributed by atoms with Gasteiger partial charge in [0.05, 0.1) is 11.5 Å². The van der Waals surface area contributed by atoms with Gasteiger partial charge in [-0.2, -0.15) is 0 Å². The van der Waals surface area contributed by atoms with E-state index in [2.05, 4.69) is 19.9 Å². The topological polar surface area (TPSA) is 83.8 Å². The van der Waals surface area contributed by atoms with E-state index in [9.17, 15) is 19.8 Å². The predicted molar refractivity (Wildman–Crippen MR) is 99.7 cm³/mol. The molecule has 0 aromatic rings. The number of hydrogen-bond acceptors (Lipinski definition) is 4. The number of carbonyl (C=O) groups excluding carboxylic acids is 1. The number of carboxylic acid groups (broad SMARTS) is 1. The number of rotatable bonds is 2. The third-order valence-electron chi connectivity index (χ3n) is 8.59. The summed E-state index contributed by atoms with van der Waals surface area (Å²) in [5.41, 5.74) is -1.83. The second kappa shape index (κ2) is 5.82. The smallest absolute Gasteiger partial charge is 0.307 e. The number of carboxylic acids is 1. The molecule has 5 heteroatoms. The van der Waals surface area contributed by atoms with Crippen molar-refractivity contribution in [3.05, 3.63) is 12.2 Å². The van der Waals surface area contributed by atoms with Crippen molar-refractivity contribution in [1.82, 2.24) is 0 Å². The van der Waals surface area contributed by atoms with E-state index in [0.29, 0.717) is 12.8 Å². The Morgan fingerprint density at radius 3 is 2.59 bits per heavy atom. The van der Waals surface area contributed by atoms with Gasteiger partial charge in [-0.15, -0.1) is 0 Å². The first kappa shape index (κ1) is 19.0. The molecule has 2 N–H and O–H groups in total. The molecule has 7 unspecified atom stereocenters. The highest BCUT2D eigenvalue weighted by molar-refractivity contribution is 5.73. The van der Waals surface area contributed by atoms with Gasteiger partial charge in [0.25, 0.3) is 0 Å². The van der Waals surface area contributed by atoms with Crippen molar-refractivity contribution in [3.8, 4) is 0 Å². The van der Waals surface area contributed by atoms with Crippen molar-refractivity contribution in [2.75, 3.05) is 0 Å². The number of aliphatic hydroxyl groups is 1. The average molecular weight is 376 g/mol. The summed E-state index contributed by atoms with van der Waals surface area (Å²) in [5.74, 6) is -1.23. The monoisotopic (exact) mass is 376 g/mol. The zero-order chi connectivity index (χ0) is 19.8. The lowest BCUT2D eigenvalue weighted by molar-refractivity contribution is -0.168. The maximum absolute atomic E-state index is 12.6. The maximum atomic E-state index is 12.6. The molecule has 4 aliphatic rings. The van der Waals surface area contributed by atoms with Crippen LogP contribution < -0.4 is 0 Å². The van der Waals surface area contributed by atoms with E-state index in [1.807, 2.05) is 13.0 Å². The van der Waals surface area contributed by atoms with Gasteiger partial charge in [-0.1, -0.05) is 26.0 Å². The summed E-state index contributed by atoms with van der Waals surface area (Å²) in [6.45, 7) is 7.53.